The maximum Gasteiger partial charge on any atom is 0.0607 e. The summed E-state index contributed by atoms with van der Waals surface area (Å²) in [6.45, 7) is 5.37. The molecular weight excluding hydrogens is 174 g/mol. The van der Waals surface area contributed by atoms with Crippen LogP contribution in [0, 0.1) is 17.8 Å². The number of hydrogen-bond acceptors (Lipinski definition) is 2. The molecule has 14 heavy (non-hydrogen) atoms. The number of aliphatic hydroxyl groups excluding tert-OH is 1. The Bertz CT molecular complexity index is 234. The van der Waals surface area contributed by atoms with E-state index in [0.717, 1.165) is 24.3 Å². The quantitative estimate of drug-likeness (QED) is 0.667. The summed E-state index contributed by atoms with van der Waals surface area (Å²) >= 11 is 0. The van der Waals surface area contributed by atoms with Gasteiger partial charge in [0.2, 0.25) is 0 Å². The molecule has 80 valence electrons. The fourth-order valence-electron chi connectivity index (χ4n) is 2.59. The van der Waals surface area contributed by atoms with Gasteiger partial charge in [0.15, 0.2) is 0 Å². The van der Waals surface area contributed by atoms with Crippen LogP contribution in [-0.2, 0) is 0 Å². The topological polar surface area (TPSA) is 32.3 Å². The van der Waals surface area contributed by atoms with Crippen LogP contribution in [0.1, 0.15) is 26.7 Å². The van der Waals surface area contributed by atoms with Gasteiger partial charge in [0.25, 0.3) is 0 Å². The first-order valence-electron chi connectivity index (χ1n) is 5.65. The highest BCUT2D eigenvalue weighted by atomic mass is 16.3. The van der Waals surface area contributed by atoms with Crippen molar-refractivity contribution in [1.29, 1.82) is 0 Å². The van der Waals surface area contributed by atoms with Gasteiger partial charge < -0.3 is 10.4 Å². The fourth-order valence-corrected chi connectivity index (χ4v) is 2.59. The Morgan fingerprint density at radius 3 is 2.64 bits per heavy atom. The molecule has 1 fully saturated rings. The Morgan fingerprint density at radius 1 is 1.36 bits per heavy atom. The van der Waals surface area contributed by atoms with E-state index in [1.54, 1.807) is 0 Å². The van der Waals surface area contributed by atoms with Crippen molar-refractivity contribution in [3.8, 4) is 0 Å². The van der Waals surface area contributed by atoms with E-state index in [1.807, 2.05) is 0 Å². The Kier molecular flexibility index (Phi) is 2.67. The van der Waals surface area contributed by atoms with Crippen LogP contribution in [-0.4, -0.2) is 23.8 Å². The number of rotatable bonds is 4. The summed E-state index contributed by atoms with van der Waals surface area (Å²) in [7, 11) is 0. The number of hydrogen-bond donors (Lipinski definition) is 2. The zero-order valence-electron chi connectivity index (χ0n) is 9.16. The van der Waals surface area contributed by atoms with Crippen molar-refractivity contribution >= 4 is 0 Å². The molecule has 0 unspecified atom stereocenters. The molecule has 0 aliphatic heterocycles. The molecule has 0 amide bonds. The Labute approximate surface area is 86.4 Å². The van der Waals surface area contributed by atoms with Crippen molar-refractivity contribution in [1.82, 2.24) is 5.32 Å². The van der Waals surface area contributed by atoms with E-state index < -0.39 is 0 Å². The molecule has 2 nitrogen and oxygen atoms in total. The summed E-state index contributed by atoms with van der Waals surface area (Å²) in [4.78, 5) is 0. The average Bonchev–Trinajstić information content (AvgIpc) is 2.76. The summed E-state index contributed by atoms with van der Waals surface area (Å²) in [5, 5.41) is 12.6. The van der Waals surface area contributed by atoms with Crippen LogP contribution >= 0.6 is 0 Å². The molecule has 0 aromatic carbocycles. The molecule has 3 atom stereocenters. The molecule has 2 bridgehead atoms. The zero-order valence-corrected chi connectivity index (χ0v) is 9.16. The minimum Gasteiger partial charge on any atom is -0.394 e. The van der Waals surface area contributed by atoms with Crippen LogP contribution in [0.25, 0.3) is 0 Å². The van der Waals surface area contributed by atoms with E-state index in [9.17, 15) is 0 Å². The van der Waals surface area contributed by atoms with Gasteiger partial charge >= 0.3 is 0 Å². The molecule has 0 radical (unpaired) electrons. The maximum absolute atomic E-state index is 9.12. The summed E-state index contributed by atoms with van der Waals surface area (Å²) < 4.78 is 0. The van der Waals surface area contributed by atoms with Crippen LogP contribution in [0.4, 0.5) is 0 Å². The molecule has 2 aliphatic carbocycles. The van der Waals surface area contributed by atoms with E-state index in [1.165, 1.54) is 12.8 Å². The summed E-state index contributed by atoms with van der Waals surface area (Å²) in [5.74, 6) is 2.46. The summed E-state index contributed by atoms with van der Waals surface area (Å²) in [6, 6.07) is 0. The second-order valence-corrected chi connectivity index (χ2v) is 5.46. The Balaban J connectivity index is 1.80. The largest absolute Gasteiger partial charge is 0.394 e. The van der Waals surface area contributed by atoms with Gasteiger partial charge in [-0.05, 0) is 51.0 Å². The number of fused-ring (bicyclic) bond motifs is 2. The van der Waals surface area contributed by atoms with Gasteiger partial charge in [-0.25, -0.2) is 0 Å². The van der Waals surface area contributed by atoms with Crippen molar-refractivity contribution < 1.29 is 5.11 Å². The standard InChI is InChI=1S/C12H21NO/c1-12(2,8-14)13-7-11-6-9-3-4-10(11)5-9/h3-4,9-11,13-14H,5-8H2,1-2H3/t9-,10-,11+/m0/s1. The predicted molar refractivity (Wildman–Crippen MR) is 58.0 cm³/mol. The molecule has 0 heterocycles. The minimum atomic E-state index is -0.119. The van der Waals surface area contributed by atoms with Gasteiger partial charge in [-0.3, -0.25) is 0 Å². The second kappa shape index (κ2) is 3.67. The van der Waals surface area contributed by atoms with Gasteiger partial charge in [-0.2, -0.15) is 0 Å². The van der Waals surface area contributed by atoms with Crippen LogP contribution < -0.4 is 5.32 Å². The van der Waals surface area contributed by atoms with Crippen molar-refractivity contribution in [2.45, 2.75) is 32.2 Å². The SMILES string of the molecule is CC(C)(CO)NC[C@H]1C[C@H]2C=C[C@H]1C2. The van der Waals surface area contributed by atoms with Crippen molar-refractivity contribution in [3.63, 3.8) is 0 Å². The lowest BCUT2D eigenvalue weighted by Gasteiger charge is -2.27. The highest BCUT2D eigenvalue weighted by molar-refractivity contribution is 5.10. The summed E-state index contributed by atoms with van der Waals surface area (Å²) in [5.41, 5.74) is -0.119. The van der Waals surface area contributed by atoms with E-state index >= 15 is 0 Å². The fraction of sp³-hybridized carbons (Fsp3) is 0.833. The lowest BCUT2D eigenvalue weighted by molar-refractivity contribution is 0.180. The molecule has 0 aromatic rings. The molecule has 2 N–H and O–H groups in total. The number of nitrogens with one attached hydrogen (secondary N) is 1. The van der Waals surface area contributed by atoms with E-state index in [0.29, 0.717) is 0 Å². The maximum atomic E-state index is 9.12. The molecule has 0 saturated heterocycles. The zero-order chi connectivity index (χ0) is 10.2. The van der Waals surface area contributed by atoms with Crippen LogP contribution in [0.15, 0.2) is 12.2 Å². The first-order valence-corrected chi connectivity index (χ1v) is 5.65. The molecule has 2 rings (SSSR count). The Hall–Kier alpha value is -0.340. The smallest absolute Gasteiger partial charge is 0.0607 e. The van der Waals surface area contributed by atoms with Crippen molar-refractivity contribution in [2.75, 3.05) is 13.2 Å². The average molecular weight is 195 g/mol. The highest BCUT2D eigenvalue weighted by Gasteiger charge is 2.35. The highest BCUT2D eigenvalue weighted by Crippen LogP contribution is 2.43. The first-order chi connectivity index (χ1) is 6.61. The number of allylic oxidation sites excluding steroid dienone is 2. The predicted octanol–water partition coefficient (Wildman–Crippen LogP) is 1.56. The van der Waals surface area contributed by atoms with Crippen LogP contribution in [0.3, 0.4) is 0 Å². The second-order valence-electron chi connectivity index (χ2n) is 5.46. The molecule has 0 spiro atoms. The molecule has 0 aromatic heterocycles. The lowest BCUT2D eigenvalue weighted by atomic mass is 9.92. The Morgan fingerprint density at radius 2 is 2.14 bits per heavy atom. The van der Waals surface area contributed by atoms with Crippen molar-refractivity contribution in [3.05, 3.63) is 12.2 Å². The normalized spacial score (nSPS) is 35.5. The summed E-state index contributed by atoms with van der Waals surface area (Å²) in [6.07, 6.45) is 7.46. The van der Waals surface area contributed by atoms with E-state index in [4.69, 9.17) is 5.11 Å². The number of aliphatic hydroxyl groups is 1. The van der Waals surface area contributed by atoms with Crippen LogP contribution in [0.5, 0.6) is 0 Å². The minimum absolute atomic E-state index is 0.119. The van der Waals surface area contributed by atoms with Gasteiger partial charge in [0, 0.05) is 5.54 Å². The molecular formula is C12H21NO. The van der Waals surface area contributed by atoms with Crippen molar-refractivity contribution in [2.24, 2.45) is 17.8 Å². The van der Waals surface area contributed by atoms with E-state index in [-0.39, 0.29) is 12.1 Å². The molecule has 2 heteroatoms. The van der Waals surface area contributed by atoms with Gasteiger partial charge in [0.05, 0.1) is 6.61 Å². The van der Waals surface area contributed by atoms with Gasteiger partial charge in [-0.15, -0.1) is 0 Å². The monoisotopic (exact) mass is 195 g/mol. The first kappa shape index (κ1) is 10.2. The third-order valence-electron chi connectivity index (χ3n) is 3.65. The third-order valence-corrected chi connectivity index (χ3v) is 3.65. The van der Waals surface area contributed by atoms with E-state index in [2.05, 4.69) is 31.3 Å². The van der Waals surface area contributed by atoms with Gasteiger partial charge in [-0.1, -0.05) is 12.2 Å². The molecule has 1 saturated carbocycles. The van der Waals surface area contributed by atoms with Crippen LogP contribution in [0.2, 0.25) is 0 Å². The third kappa shape index (κ3) is 2.01. The van der Waals surface area contributed by atoms with Gasteiger partial charge in [0.1, 0.15) is 0 Å². The molecule has 2 aliphatic rings. The lowest BCUT2D eigenvalue weighted by Crippen LogP contribution is -2.45.